The maximum absolute atomic E-state index is 13.6. The summed E-state index contributed by atoms with van der Waals surface area (Å²) in [5.41, 5.74) is 0.620. The van der Waals surface area contributed by atoms with Gasteiger partial charge in [0.2, 0.25) is 0 Å². The number of rotatable bonds is 3. The van der Waals surface area contributed by atoms with Gasteiger partial charge >= 0.3 is 0 Å². The molecule has 0 amide bonds. The molecule has 1 aromatic rings. The summed E-state index contributed by atoms with van der Waals surface area (Å²) in [6.45, 7) is 1.96. The van der Waals surface area contributed by atoms with Crippen LogP contribution in [0.4, 0.5) is 4.39 Å². The van der Waals surface area contributed by atoms with Gasteiger partial charge in [-0.15, -0.1) is 0 Å². The lowest BCUT2D eigenvalue weighted by molar-refractivity contribution is 0.452. The zero-order chi connectivity index (χ0) is 11.5. The number of aromatic hydroxyl groups is 1. The second kappa shape index (κ2) is 5.06. The second-order valence-electron chi connectivity index (χ2n) is 4.15. The lowest BCUT2D eigenvalue weighted by Crippen LogP contribution is -2.31. The average Bonchev–Trinajstić information content (AvgIpc) is 2.70. The van der Waals surface area contributed by atoms with Crippen molar-refractivity contribution in [1.82, 2.24) is 5.32 Å². The van der Waals surface area contributed by atoms with Gasteiger partial charge in [0, 0.05) is 29.5 Å². The van der Waals surface area contributed by atoms with Gasteiger partial charge in [0.05, 0.1) is 0 Å². The van der Waals surface area contributed by atoms with Crippen molar-refractivity contribution in [3.8, 4) is 5.75 Å². The largest absolute Gasteiger partial charge is 0.508 e. The topological polar surface area (TPSA) is 32.3 Å². The molecule has 4 heteroatoms. The van der Waals surface area contributed by atoms with E-state index in [0.29, 0.717) is 11.6 Å². The van der Waals surface area contributed by atoms with Crippen LogP contribution in [0.25, 0.3) is 0 Å². The summed E-state index contributed by atoms with van der Waals surface area (Å²) in [6.07, 6.45) is 1.15. The van der Waals surface area contributed by atoms with E-state index in [1.165, 1.54) is 11.8 Å². The third-order valence-electron chi connectivity index (χ3n) is 2.87. The van der Waals surface area contributed by atoms with Crippen LogP contribution in [0.2, 0.25) is 0 Å². The van der Waals surface area contributed by atoms with Crippen LogP contribution in [-0.4, -0.2) is 22.7 Å². The Morgan fingerprint density at radius 2 is 2.38 bits per heavy atom. The quantitative estimate of drug-likeness (QED) is 0.853. The molecule has 1 aliphatic heterocycles. The number of thioether (sulfide) groups is 1. The first kappa shape index (κ1) is 11.7. The monoisotopic (exact) mass is 241 g/mol. The highest BCUT2D eigenvalue weighted by atomic mass is 32.2. The fraction of sp³-hybridized carbons (Fsp3) is 0.500. The molecule has 2 unspecified atom stereocenters. The van der Waals surface area contributed by atoms with Crippen molar-refractivity contribution in [2.45, 2.75) is 25.4 Å². The Labute approximate surface area is 99.2 Å². The molecule has 0 spiro atoms. The molecule has 0 radical (unpaired) electrons. The molecule has 2 rings (SSSR count). The Balaban J connectivity index is 2.04. The second-order valence-corrected chi connectivity index (χ2v) is 5.30. The molecule has 0 saturated carbocycles. The molecule has 2 nitrogen and oxygen atoms in total. The van der Waals surface area contributed by atoms with Crippen molar-refractivity contribution in [2.75, 3.05) is 11.5 Å². The van der Waals surface area contributed by atoms with E-state index in [4.69, 9.17) is 5.11 Å². The molecular formula is C12H16FNOS. The molecule has 0 aromatic heterocycles. The van der Waals surface area contributed by atoms with E-state index in [2.05, 4.69) is 5.32 Å². The zero-order valence-electron chi connectivity index (χ0n) is 9.24. The minimum atomic E-state index is -0.342. The van der Waals surface area contributed by atoms with Crippen LogP contribution in [0.3, 0.4) is 0 Å². The van der Waals surface area contributed by atoms with Crippen molar-refractivity contribution in [3.05, 3.63) is 29.6 Å². The number of phenolic OH excluding ortho intramolecular Hbond substituents is 1. The molecule has 1 aromatic carbocycles. The standard InChI is InChI=1S/C12H16FNOS/c1-8(14-9-4-5-16-7-9)11-3-2-10(15)6-12(11)13/h2-3,6,8-9,14-15H,4-5,7H2,1H3. The molecule has 2 N–H and O–H groups in total. The molecule has 88 valence electrons. The average molecular weight is 241 g/mol. The minimum Gasteiger partial charge on any atom is -0.508 e. The van der Waals surface area contributed by atoms with Crippen molar-refractivity contribution in [3.63, 3.8) is 0 Å². The normalized spacial score (nSPS) is 22.2. The van der Waals surface area contributed by atoms with Gasteiger partial charge in [-0.1, -0.05) is 6.07 Å². The number of hydrogen-bond donors (Lipinski definition) is 2. The summed E-state index contributed by atoms with van der Waals surface area (Å²) in [7, 11) is 0. The van der Waals surface area contributed by atoms with Crippen LogP contribution in [0, 0.1) is 5.82 Å². The van der Waals surface area contributed by atoms with Gasteiger partial charge in [-0.2, -0.15) is 11.8 Å². The zero-order valence-corrected chi connectivity index (χ0v) is 10.1. The first-order chi connectivity index (χ1) is 7.66. The lowest BCUT2D eigenvalue weighted by atomic mass is 10.1. The van der Waals surface area contributed by atoms with Gasteiger partial charge in [0.15, 0.2) is 0 Å². The maximum atomic E-state index is 13.6. The van der Waals surface area contributed by atoms with E-state index in [9.17, 15) is 4.39 Å². The van der Waals surface area contributed by atoms with Crippen LogP contribution < -0.4 is 5.32 Å². The Morgan fingerprint density at radius 1 is 1.56 bits per heavy atom. The highest BCUT2D eigenvalue weighted by molar-refractivity contribution is 7.99. The van der Waals surface area contributed by atoms with Crippen LogP contribution in [0.1, 0.15) is 24.9 Å². The van der Waals surface area contributed by atoms with Crippen molar-refractivity contribution in [1.29, 1.82) is 0 Å². The van der Waals surface area contributed by atoms with Crippen LogP contribution in [0.15, 0.2) is 18.2 Å². The molecule has 0 bridgehead atoms. The van der Waals surface area contributed by atoms with Gasteiger partial charge in [0.1, 0.15) is 11.6 Å². The predicted octanol–water partition coefficient (Wildman–Crippen LogP) is 2.69. The summed E-state index contributed by atoms with van der Waals surface area (Å²) in [5.74, 6) is 1.92. The van der Waals surface area contributed by atoms with Crippen molar-refractivity contribution >= 4 is 11.8 Å². The summed E-state index contributed by atoms with van der Waals surface area (Å²) in [5, 5.41) is 12.6. The molecule has 1 saturated heterocycles. The number of phenols is 1. The van der Waals surface area contributed by atoms with E-state index in [1.54, 1.807) is 6.07 Å². The Kier molecular flexibility index (Phi) is 3.71. The summed E-state index contributed by atoms with van der Waals surface area (Å²) in [6, 6.07) is 4.80. The maximum Gasteiger partial charge on any atom is 0.131 e. The number of nitrogens with one attached hydrogen (secondary N) is 1. The van der Waals surface area contributed by atoms with Crippen LogP contribution >= 0.6 is 11.8 Å². The Hall–Kier alpha value is -0.740. The number of hydrogen-bond acceptors (Lipinski definition) is 3. The van der Waals surface area contributed by atoms with Crippen molar-refractivity contribution in [2.24, 2.45) is 0 Å². The van der Waals surface area contributed by atoms with Gasteiger partial charge in [-0.05, 0) is 25.2 Å². The van der Waals surface area contributed by atoms with E-state index in [-0.39, 0.29) is 17.6 Å². The van der Waals surface area contributed by atoms with E-state index >= 15 is 0 Å². The summed E-state index contributed by atoms with van der Waals surface area (Å²) < 4.78 is 13.6. The van der Waals surface area contributed by atoms with E-state index < -0.39 is 0 Å². The summed E-state index contributed by atoms with van der Waals surface area (Å²) >= 11 is 1.93. The Bertz CT molecular complexity index is 366. The molecule has 16 heavy (non-hydrogen) atoms. The van der Waals surface area contributed by atoms with E-state index in [1.807, 2.05) is 18.7 Å². The highest BCUT2D eigenvalue weighted by Crippen LogP contribution is 2.24. The third kappa shape index (κ3) is 2.68. The van der Waals surface area contributed by atoms with Gasteiger partial charge in [0.25, 0.3) is 0 Å². The van der Waals surface area contributed by atoms with Crippen LogP contribution in [-0.2, 0) is 0 Å². The molecule has 1 aliphatic rings. The van der Waals surface area contributed by atoms with Gasteiger partial charge in [-0.3, -0.25) is 0 Å². The SMILES string of the molecule is CC(NC1CCSC1)c1ccc(O)cc1F. The first-order valence-electron chi connectivity index (χ1n) is 5.49. The molecule has 1 fully saturated rings. The van der Waals surface area contributed by atoms with Gasteiger partial charge in [-0.25, -0.2) is 4.39 Å². The Morgan fingerprint density at radius 3 is 3.00 bits per heavy atom. The number of benzene rings is 1. The minimum absolute atomic E-state index is 0.00991. The molecule has 2 atom stereocenters. The number of halogens is 1. The van der Waals surface area contributed by atoms with Crippen molar-refractivity contribution < 1.29 is 9.50 Å². The fourth-order valence-corrected chi connectivity index (χ4v) is 3.14. The molecule has 0 aliphatic carbocycles. The smallest absolute Gasteiger partial charge is 0.131 e. The third-order valence-corrected chi connectivity index (χ3v) is 4.03. The fourth-order valence-electron chi connectivity index (χ4n) is 1.98. The predicted molar refractivity (Wildman–Crippen MR) is 65.3 cm³/mol. The van der Waals surface area contributed by atoms with Gasteiger partial charge < -0.3 is 10.4 Å². The summed E-state index contributed by atoms with van der Waals surface area (Å²) in [4.78, 5) is 0. The van der Waals surface area contributed by atoms with Crippen LogP contribution in [0.5, 0.6) is 5.75 Å². The molecular weight excluding hydrogens is 225 g/mol. The first-order valence-corrected chi connectivity index (χ1v) is 6.64. The lowest BCUT2D eigenvalue weighted by Gasteiger charge is -2.19. The highest BCUT2D eigenvalue weighted by Gasteiger charge is 2.19. The molecule has 1 heterocycles. The van der Waals surface area contributed by atoms with E-state index in [0.717, 1.165) is 18.2 Å².